The van der Waals surface area contributed by atoms with Crippen molar-refractivity contribution in [3.63, 3.8) is 0 Å². The summed E-state index contributed by atoms with van der Waals surface area (Å²) in [6.45, 7) is 0.253. The molecule has 3 aromatic rings. The Balaban J connectivity index is 1.52. The molecule has 9 nitrogen and oxygen atoms in total. The zero-order valence-electron chi connectivity index (χ0n) is 22.1. The third-order valence-corrected chi connectivity index (χ3v) is 9.02. The van der Waals surface area contributed by atoms with Crippen molar-refractivity contribution >= 4 is 45.0 Å². The molecule has 0 radical (unpaired) electrons. The number of halogens is 2. The molecule has 40 heavy (non-hydrogen) atoms. The second-order valence-electron chi connectivity index (χ2n) is 9.11. The monoisotopic (exact) mass is 605 g/mol. The molecule has 0 amide bonds. The molecule has 0 bridgehead atoms. The Morgan fingerprint density at radius 3 is 2.15 bits per heavy atom. The highest BCUT2D eigenvalue weighted by Gasteiger charge is 2.42. The maximum Gasteiger partial charge on any atom is 0.326 e. The quantitative estimate of drug-likeness (QED) is 0.253. The highest BCUT2D eigenvalue weighted by atomic mass is 35.5. The summed E-state index contributed by atoms with van der Waals surface area (Å²) < 4.78 is 38.8. The molecule has 4 rings (SSSR count). The molecule has 2 N–H and O–H groups in total. The van der Waals surface area contributed by atoms with Crippen molar-refractivity contribution < 1.29 is 27.8 Å². The standard InChI is InChI=1S/C28H29Cl2N3O6S/c1-31-27(23-11-12-33(23)40(36,37)21-15-19(29)14-20(30)16-21)32-22(28(34)35)13-17-7-9-18(10-8-17)26-24(38-2)5-4-6-25(26)39-3/h4-10,14-16,22-23H,11-13H2,1-3H3,(H,31,32)(H,34,35)/t22-,23-/m0/s1. The Bertz CT molecular complexity index is 1490. The van der Waals surface area contributed by atoms with E-state index in [0.29, 0.717) is 17.9 Å². The Kier molecular flexibility index (Phi) is 9.25. The molecule has 0 saturated carbocycles. The first-order chi connectivity index (χ1) is 19.1. The topological polar surface area (TPSA) is 118 Å². The fourth-order valence-corrected chi connectivity index (χ4v) is 6.97. The molecule has 12 heteroatoms. The number of amidine groups is 1. The lowest BCUT2D eigenvalue weighted by Gasteiger charge is -2.40. The molecular weight excluding hydrogens is 577 g/mol. The summed E-state index contributed by atoms with van der Waals surface area (Å²) >= 11 is 12.0. The fourth-order valence-electron chi connectivity index (χ4n) is 4.60. The van der Waals surface area contributed by atoms with Gasteiger partial charge >= 0.3 is 5.97 Å². The molecule has 1 fully saturated rings. The Labute approximate surface area is 243 Å². The van der Waals surface area contributed by atoms with Crippen LogP contribution in [-0.4, -0.2) is 69.5 Å². The molecule has 2 atom stereocenters. The van der Waals surface area contributed by atoms with Gasteiger partial charge in [-0.05, 0) is 47.9 Å². The first-order valence-electron chi connectivity index (χ1n) is 12.3. The number of ether oxygens (including phenoxy) is 2. The molecule has 1 aliphatic rings. The molecule has 3 aromatic carbocycles. The number of carboxylic acids is 1. The normalized spacial score (nSPS) is 16.6. The number of nitrogens with one attached hydrogen (secondary N) is 1. The van der Waals surface area contributed by atoms with E-state index >= 15 is 0 Å². The van der Waals surface area contributed by atoms with Crippen LogP contribution in [0.4, 0.5) is 0 Å². The van der Waals surface area contributed by atoms with Crippen molar-refractivity contribution in [2.75, 3.05) is 27.8 Å². The number of benzene rings is 3. The number of rotatable bonds is 10. The smallest absolute Gasteiger partial charge is 0.326 e. The van der Waals surface area contributed by atoms with Gasteiger partial charge in [0.1, 0.15) is 23.4 Å². The van der Waals surface area contributed by atoms with Gasteiger partial charge in [0.2, 0.25) is 10.0 Å². The molecular formula is C28H29Cl2N3O6S. The van der Waals surface area contributed by atoms with Gasteiger partial charge < -0.3 is 19.9 Å². The number of carbonyl (C=O) groups is 1. The van der Waals surface area contributed by atoms with Crippen LogP contribution in [0.25, 0.3) is 11.1 Å². The first kappa shape index (κ1) is 29.7. The van der Waals surface area contributed by atoms with Crippen molar-refractivity contribution in [3.8, 4) is 22.6 Å². The molecule has 1 heterocycles. The van der Waals surface area contributed by atoms with Crippen LogP contribution in [0.2, 0.25) is 10.0 Å². The number of carboxylic acid groups (broad SMARTS) is 1. The summed E-state index contributed by atoms with van der Waals surface area (Å²) in [7, 11) is 0.732. The first-order valence-corrected chi connectivity index (χ1v) is 14.5. The largest absolute Gasteiger partial charge is 0.496 e. The zero-order valence-corrected chi connectivity index (χ0v) is 24.4. The number of nitrogens with zero attached hydrogens (tertiary/aromatic N) is 2. The van der Waals surface area contributed by atoms with E-state index in [4.69, 9.17) is 32.7 Å². The molecule has 1 saturated heterocycles. The second kappa shape index (κ2) is 12.5. The van der Waals surface area contributed by atoms with Crippen LogP contribution in [-0.2, 0) is 21.2 Å². The van der Waals surface area contributed by atoms with E-state index in [-0.39, 0.29) is 33.7 Å². The van der Waals surface area contributed by atoms with Gasteiger partial charge in [0, 0.05) is 30.1 Å². The third-order valence-electron chi connectivity index (χ3n) is 6.70. The van der Waals surface area contributed by atoms with E-state index in [2.05, 4.69) is 10.3 Å². The molecule has 1 aliphatic heterocycles. The van der Waals surface area contributed by atoms with Gasteiger partial charge in [0.15, 0.2) is 0 Å². The predicted molar refractivity (Wildman–Crippen MR) is 155 cm³/mol. The van der Waals surface area contributed by atoms with E-state index in [1.54, 1.807) is 14.2 Å². The molecule has 0 spiro atoms. The number of methoxy groups -OCH3 is 2. The van der Waals surface area contributed by atoms with Crippen LogP contribution in [0.5, 0.6) is 11.5 Å². The van der Waals surface area contributed by atoms with Gasteiger partial charge in [0.25, 0.3) is 0 Å². The highest BCUT2D eigenvalue weighted by Crippen LogP contribution is 2.38. The average molecular weight is 607 g/mol. The average Bonchev–Trinajstić information content (AvgIpc) is 2.90. The lowest BCUT2D eigenvalue weighted by molar-refractivity contribution is -0.139. The van der Waals surface area contributed by atoms with E-state index in [9.17, 15) is 18.3 Å². The van der Waals surface area contributed by atoms with Gasteiger partial charge in [-0.15, -0.1) is 0 Å². The van der Waals surface area contributed by atoms with Gasteiger partial charge in [-0.25, -0.2) is 13.2 Å². The van der Waals surface area contributed by atoms with Crippen molar-refractivity contribution in [2.45, 2.75) is 29.8 Å². The van der Waals surface area contributed by atoms with Crippen LogP contribution in [0.3, 0.4) is 0 Å². The maximum absolute atomic E-state index is 13.3. The highest BCUT2D eigenvalue weighted by molar-refractivity contribution is 7.89. The Morgan fingerprint density at radius 1 is 1.07 bits per heavy atom. The fraction of sp³-hybridized carbons (Fsp3) is 0.286. The summed E-state index contributed by atoms with van der Waals surface area (Å²) in [4.78, 5) is 16.4. The van der Waals surface area contributed by atoms with E-state index in [0.717, 1.165) is 16.7 Å². The van der Waals surface area contributed by atoms with Crippen molar-refractivity contribution in [3.05, 3.63) is 76.3 Å². The summed E-state index contributed by atoms with van der Waals surface area (Å²) in [5, 5.41) is 13.3. The Hall–Kier alpha value is -3.31. The number of aliphatic imine (C=N–C) groups is 1. The van der Waals surface area contributed by atoms with Gasteiger partial charge in [-0.1, -0.05) is 53.5 Å². The number of hydrogen-bond donors (Lipinski definition) is 2. The van der Waals surface area contributed by atoms with Gasteiger partial charge in [-0.3, -0.25) is 4.99 Å². The molecule has 0 aliphatic carbocycles. The summed E-state index contributed by atoms with van der Waals surface area (Å²) in [6.07, 6.45) is 0.621. The van der Waals surface area contributed by atoms with E-state index < -0.39 is 28.1 Å². The predicted octanol–water partition coefficient (Wildman–Crippen LogP) is 4.75. The maximum atomic E-state index is 13.3. The van der Waals surface area contributed by atoms with Crippen LogP contribution < -0.4 is 14.8 Å². The number of sulfonamides is 1. The third kappa shape index (κ3) is 6.20. The molecule has 0 unspecified atom stereocenters. The van der Waals surface area contributed by atoms with Crippen molar-refractivity contribution in [1.82, 2.24) is 9.62 Å². The van der Waals surface area contributed by atoms with Crippen molar-refractivity contribution in [2.24, 2.45) is 4.99 Å². The second-order valence-corrected chi connectivity index (χ2v) is 11.9. The minimum absolute atomic E-state index is 0.0355. The molecule has 212 valence electrons. The SMILES string of the molecule is CN=C(N[C@@H](Cc1ccc(-c2c(OC)cccc2OC)cc1)C(=O)O)[C@@H]1CCN1S(=O)(=O)c1cc(Cl)cc(Cl)c1. The molecule has 0 aromatic heterocycles. The van der Waals surface area contributed by atoms with Crippen LogP contribution in [0.1, 0.15) is 12.0 Å². The Morgan fingerprint density at radius 2 is 1.68 bits per heavy atom. The van der Waals surface area contributed by atoms with Gasteiger partial charge in [0.05, 0.1) is 30.7 Å². The lowest BCUT2D eigenvalue weighted by atomic mass is 9.98. The van der Waals surface area contributed by atoms with Crippen LogP contribution in [0, 0.1) is 0 Å². The van der Waals surface area contributed by atoms with Crippen LogP contribution in [0.15, 0.2) is 70.6 Å². The minimum Gasteiger partial charge on any atom is -0.496 e. The summed E-state index contributed by atoms with van der Waals surface area (Å²) in [5.74, 6) is 0.486. The zero-order chi connectivity index (χ0) is 29.0. The van der Waals surface area contributed by atoms with Crippen molar-refractivity contribution in [1.29, 1.82) is 0 Å². The lowest BCUT2D eigenvalue weighted by Crippen LogP contribution is -2.60. The summed E-state index contributed by atoms with van der Waals surface area (Å²) in [6, 6.07) is 15.4. The summed E-state index contributed by atoms with van der Waals surface area (Å²) in [5.41, 5.74) is 2.41. The van der Waals surface area contributed by atoms with Crippen LogP contribution >= 0.6 is 23.2 Å². The van der Waals surface area contributed by atoms with E-state index in [1.807, 2.05) is 42.5 Å². The number of aliphatic carboxylic acids is 1. The van der Waals surface area contributed by atoms with E-state index in [1.165, 1.54) is 29.6 Å². The number of hydrogen-bond acceptors (Lipinski definition) is 6. The minimum atomic E-state index is -3.93. The van der Waals surface area contributed by atoms with Gasteiger partial charge in [-0.2, -0.15) is 4.31 Å².